The van der Waals surface area contributed by atoms with Crippen LogP contribution in [0.3, 0.4) is 0 Å². The molecule has 25 heavy (non-hydrogen) atoms. The summed E-state index contributed by atoms with van der Waals surface area (Å²) < 4.78 is 0. The van der Waals surface area contributed by atoms with Crippen molar-refractivity contribution >= 4 is 0 Å². The van der Waals surface area contributed by atoms with E-state index in [1.165, 1.54) is 32.1 Å². The molecule has 0 unspecified atom stereocenters. The number of hydrogen-bond acceptors (Lipinski definition) is 1. The molecule has 1 aromatic rings. The average molecular weight is 423 g/mol. The molecule has 1 nitrogen and oxygen atoms in total. The SMILES string of the molecule is CCC(C)(CC)c1c(CCN(C)C)cc[c-]1C(C)(CC)CC.[Cl-].[Cl-].[Ti+3]. The van der Waals surface area contributed by atoms with Crippen molar-refractivity contribution in [3.05, 3.63) is 28.8 Å². The van der Waals surface area contributed by atoms with E-state index < -0.39 is 0 Å². The summed E-state index contributed by atoms with van der Waals surface area (Å²) in [4.78, 5) is 2.30. The van der Waals surface area contributed by atoms with Crippen LogP contribution >= 0.6 is 0 Å². The van der Waals surface area contributed by atoms with E-state index in [9.17, 15) is 0 Å². The maximum Gasteiger partial charge on any atom is 3.00 e. The summed E-state index contributed by atoms with van der Waals surface area (Å²) in [6.07, 6.45) is 6.05. The molecule has 0 aromatic heterocycles. The smallest absolute Gasteiger partial charge is 1.00 e. The number of rotatable bonds is 9. The Hall–Kier alpha value is 0.604. The van der Waals surface area contributed by atoms with E-state index >= 15 is 0 Å². The largest absolute Gasteiger partial charge is 3.00 e. The zero-order valence-corrected chi connectivity index (χ0v) is 20.7. The summed E-state index contributed by atoms with van der Waals surface area (Å²) >= 11 is 0. The minimum atomic E-state index is 0. The summed E-state index contributed by atoms with van der Waals surface area (Å²) in [7, 11) is 4.34. The van der Waals surface area contributed by atoms with Crippen LogP contribution in [0, 0.1) is 0 Å². The molecule has 1 rings (SSSR count). The van der Waals surface area contributed by atoms with Crippen LogP contribution in [-0.2, 0) is 39.0 Å². The van der Waals surface area contributed by atoms with Gasteiger partial charge in [-0.05, 0) is 38.9 Å². The van der Waals surface area contributed by atoms with Gasteiger partial charge in [-0.15, -0.1) is 5.56 Å². The molecule has 0 amide bonds. The third kappa shape index (κ3) is 6.93. The molecular weight excluding hydrogens is 385 g/mol. The van der Waals surface area contributed by atoms with Gasteiger partial charge in [-0.1, -0.05) is 66.2 Å². The van der Waals surface area contributed by atoms with Gasteiger partial charge in [0.15, 0.2) is 0 Å². The molecule has 0 spiro atoms. The first-order valence-electron chi connectivity index (χ1n) is 9.22. The standard InChI is InChI=1S/C21H38N.2ClH.Ti/c1-9-20(5,10-2)18-14-13-17(15-16-22(7)8)19(18)21(6,11-3)12-4;;;/h13-14H,9-12,15-16H2,1-8H3;2*1H;/q-1;;;+3/p-2. The van der Waals surface area contributed by atoms with Gasteiger partial charge in [-0.3, -0.25) is 0 Å². The van der Waals surface area contributed by atoms with E-state index in [-0.39, 0.29) is 46.5 Å². The molecule has 0 saturated carbocycles. The van der Waals surface area contributed by atoms with Crippen molar-refractivity contribution < 1.29 is 46.5 Å². The van der Waals surface area contributed by atoms with Gasteiger partial charge in [0.05, 0.1) is 0 Å². The Balaban J connectivity index is -0.00000161. The molecule has 0 aliphatic carbocycles. The van der Waals surface area contributed by atoms with Crippen LogP contribution in [0.15, 0.2) is 12.1 Å². The van der Waals surface area contributed by atoms with Gasteiger partial charge in [0.1, 0.15) is 0 Å². The topological polar surface area (TPSA) is 3.24 Å². The first kappa shape index (κ1) is 30.3. The molecule has 0 fully saturated rings. The Labute approximate surface area is 184 Å². The van der Waals surface area contributed by atoms with Crippen LogP contribution in [0.5, 0.6) is 0 Å². The molecule has 1 aromatic carbocycles. The molecule has 4 heteroatoms. The fraction of sp³-hybridized carbons (Fsp3) is 0.762. The first-order valence-corrected chi connectivity index (χ1v) is 9.22. The summed E-state index contributed by atoms with van der Waals surface area (Å²) in [6, 6.07) is 4.86. The number of likely N-dealkylation sites (N-methyl/N-ethyl adjacent to an activating group) is 1. The van der Waals surface area contributed by atoms with Gasteiger partial charge < -0.3 is 29.7 Å². The predicted molar refractivity (Wildman–Crippen MR) is 100 cm³/mol. The minimum absolute atomic E-state index is 0. The fourth-order valence-corrected chi connectivity index (χ4v) is 3.53. The van der Waals surface area contributed by atoms with Crippen LogP contribution in [0.2, 0.25) is 0 Å². The van der Waals surface area contributed by atoms with Gasteiger partial charge in [0.25, 0.3) is 0 Å². The quantitative estimate of drug-likeness (QED) is 0.389. The minimum Gasteiger partial charge on any atom is -1.00 e. The average Bonchev–Trinajstić information content (AvgIpc) is 2.96. The Kier molecular flexibility index (Phi) is 15.6. The number of hydrogen-bond donors (Lipinski definition) is 0. The Morgan fingerprint density at radius 1 is 0.920 bits per heavy atom. The normalized spacial score (nSPS) is 11.6. The molecule has 0 N–H and O–H groups in total. The van der Waals surface area contributed by atoms with E-state index in [0.29, 0.717) is 10.8 Å². The van der Waals surface area contributed by atoms with Crippen molar-refractivity contribution in [1.29, 1.82) is 0 Å². The second kappa shape index (κ2) is 12.9. The van der Waals surface area contributed by atoms with Crippen molar-refractivity contribution in [1.82, 2.24) is 4.90 Å². The zero-order valence-electron chi connectivity index (χ0n) is 17.6. The molecule has 0 aliphatic rings. The van der Waals surface area contributed by atoms with Crippen LogP contribution in [0.4, 0.5) is 0 Å². The monoisotopic (exact) mass is 422 g/mol. The van der Waals surface area contributed by atoms with Gasteiger partial charge in [0, 0.05) is 0 Å². The van der Waals surface area contributed by atoms with E-state index in [1.54, 1.807) is 16.7 Å². The second-order valence-corrected chi connectivity index (χ2v) is 7.74. The predicted octanol–water partition coefficient (Wildman–Crippen LogP) is -0.329. The van der Waals surface area contributed by atoms with E-state index in [4.69, 9.17) is 0 Å². The number of halogens is 2. The molecule has 0 saturated heterocycles. The zero-order chi connectivity index (χ0) is 17.0. The maximum absolute atomic E-state index is 2.47. The Morgan fingerprint density at radius 2 is 1.40 bits per heavy atom. The van der Waals surface area contributed by atoms with Crippen molar-refractivity contribution in [3.8, 4) is 0 Å². The van der Waals surface area contributed by atoms with Crippen molar-refractivity contribution in [2.24, 2.45) is 0 Å². The van der Waals surface area contributed by atoms with Crippen molar-refractivity contribution in [2.45, 2.75) is 84.5 Å². The fourth-order valence-electron chi connectivity index (χ4n) is 3.53. The summed E-state index contributed by atoms with van der Waals surface area (Å²) in [5.41, 5.74) is 5.51. The second-order valence-electron chi connectivity index (χ2n) is 7.74. The van der Waals surface area contributed by atoms with Gasteiger partial charge >= 0.3 is 21.7 Å². The number of nitrogens with zero attached hydrogens (tertiary/aromatic N) is 1. The van der Waals surface area contributed by atoms with E-state index in [0.717, 1.165) is 6.54 Å². The summed E-state index contributed by atoms with van der Waals surface area (Å²) in [5, 5.41) is 0. The third-order valence-electron chi connectivity index (χ3n) is 6.25. The van der Waals surface area contributed by atoms with E-state index in [2.05, 4.69) is 72.7 Å². The van der Waals surface area contributed by atoms with Crippen molar-refractivity contribution in [2.75, 3.05) is 20.6 Å². The first-order chi connectivity index (χ1) is 10.3. The molecular formula is C21H38Cl2NTi. The van der Waals surface area contributed by atoms with Crippen LogP contribution < -0.4 is 24.8 Å². The Bertz CT molecular complexity index is 460. The van der Waals surface area contributed by atoms with Crippen LogP contribution in [-0.4, -0.2) is 25.5 Å². The third-order valence-corrected chi connectivity index (χ3v) is 6.25. The summed E-state index contributed by atoms with van der Waals surface area (Å²) in [5.74, 6) is 0. The van der Waals surface area contributed by atoms with Gasteiger partial charge in [0.2, 0.25) is 0 Å². The molecule has 0 aliphatic heterocycles. The van der Waals surface area contributed by atoms with Gasteiger partial charge in [-0.25, -0.2) is 6.07 Å². The van der Waals surface area contributed by atoms with Crippen LogP contribution in [0.1, 0.15) is 83.9 Å². The molecule has 0 bridgehead atoms. The van der Waals surface area contributed by atoms with Crippen LogP contribution in [0.25, 0.3) is 0 Å². The van der Waals surface area contributed by atoms with Gasteiger partial charge in [-0.2, -0.15) is 17.2 Å². The maximum atomic E-state index is 2.47. The van der Waals surface area contributed by atoms with E-state index in [1.807, 2.05) is 0 Å². The molecule has 145 valence electrons. The molecule has 0 atom stereocenters. The molecule has 0 heterocycles. The summed E-state index contributed by atoms with van der Waals surface area (Å²) in [6.45, 7) is 15.4. The molecule has 1 radical (unpaired) electrons. The van der Waals surface area contributed by atoms with Crippen molar-refractivity contribution in [3.63, 3.8) is 0 Å². The Morgan fingerprint density at radius 3 is 1.76 bits per heavy atom.